The second kappa shape index (κ2) is 8.28. The number of thiophene rings is 1. The molecule has 1 aliphatic rings. The molecule has 146 valence electrons. The van der Waals surface area contributed by atoms with Crippen molar-refractivity contribution < 1.29 is 22.7 Å². The predicted molar refractivity (Wildman–Crippen MR) is 104 cm³/mol. The Balaban J connectivity index is 1.74. The molecule has 0 spiro atoms. The first-order valence-corrected chi connectivity index (χ1v) is 10.8. The van der Waals surface area contributed by atoms with Crippen molar-refractivity contribution in [3.05, 3.63) is 35.7 Å². The number of amides is 1. The van der Waals surface area contributed by atoms with E-state index in [1.165, 1.54) is 22.8 Å². The van der Waals surface area contributed by atoms with Gasteiger partial charge in [-0.2, -0.15) is 4.31 Å². The van der Waals surface area contributed by atoms with Crippen LogP contribution in [0.5, 0.6) is 11.5 Å². The van der Waals surface area contributed by atoms with Crippen LogP contribution in [-0.2, 0) is 14.8 Å². The lowest BCUT2D eigenvalue weighted by atomic mass is 9.98. The number of methoxy groups -OCH3 is 2. The Morgan fingerprint density at radius 1 is 1.26 bits per heavy atom. The molecule has 1 amide bonds. The Hall–Kier alpha value is -2.10. The van der Waals surface area contributed by atoms with Crippen LogP contribution < -0.4 is 14.8 Å². The molecule has 2 aromatic rings. The highest BCUT2D eigenvalue weighted by molar-refractivity contribution is 7.91. The first-order valence-electron chi connectivity index (χ1n) is 8.52. The summed E-state index contributed by atoms with van der Waals surface area (Å²) in [6, 6.07) is 8.43. The van der Waals surface area contributed by atoms with Gasteiger partial charge in [0.1, 0.15) is 15.7 Å². The number of benzene rings is 1. The normalized spacial score (nSPS) is 18.1. The molecular weight excluding hydrogens is 388 g/mol. The van der Waals surface area contributed by atoms with Crippen LogP contribution in [0.15, 0.2) is 39.9 Å². The second-order valence-electron chi connectivity index (χ2n) is 6.19. The Morgan fingerprint density at radius 3 is 2.74 bits per heavy atom. The van der Waals surface area contributed by atoms with Gasteiger partial charge in [0.2, 0.25) is 5.91 Å². The molecule has 1 atom stereocenters. The molecule has 0 saturated carbocycles. The smallest absolute Gasteiger partial charge is 0.252 e. The van der Waals surface area contributed by atoms with Crippen molar-refractivity contribution in [1.82, 2.24) is 4.31 Å². The lowest BCUT2D eigenvalue weighted by Crippen LogP contribution is -2.43. The van der Waals surface area contributed by atoms with Gasteiger partial charge in [0.15, 0.2) is 0 Å². The average Bonchev–Trinajstić information content (AvgIpc) is 3.23. The summed E-state index contributed by atoms with van der Waals surface area (Å²) in [5, 5.41) is 4.58. The molecule has 1 aliphatic heterocycles. The third-order valence-electron chi connectivity index (χ3n) is 4.51. The van der Waals surface area contributed by atoms with E-state index in [0.29, 0.717) is 40.8 Å². The molecule has 3 rings (SSSR count). The fourth-order valence-corrected chi connectivity index (χ4v) is 5.73. The summed E-state index contributed by atoms with van der Waals surface area (Å²) in [7, 11) is -0.490. The first kappa shape index (κ1) is 19.7. The number of nitrogens with zero attached hydrogens (tertiary/aromatic N) is 1. The van der Waals surface area contributed by atoms with E-state index in [-0.39, 0.29) is 12.5 Å². The summed E-state index contributed by atoms with van der Waals surface area (Å²) in [4.78, 5) is 12.8. The SMILES string of the molecule is COc1ccc(OC)c(NC(=O)C2CCCN(S(=O)(=O)c3cccs3)C2)c1. The molecule has 0 bridgehead atoms. The van der Waals surface area contributed by atoms with E-state index in [4.69, 9.17) is 9.47 Å². The third-order valence-corrected chi connectivity index (χ3v) is 7.75. The van der Waals surface area contributed by atoms with Gasteiger partial charge in [-0.1, -0.05) is 6.07 Å². The van der Waals surface area contributed by atoms with Crippen molar-refractivity contribution in [1.29, 1.82) is 0 Å². The van der Waals surface area contributed by atoms with Gasteiger partial charge in [0.25, 0.3) is 10.0 Å². The van der Waals surface area contributed by atoms with Crippen LogP contribution in [0, 0.1) is 5.92 Å². The van der Waals surface area contributed by atoms with E-state index in [2.05, 4.69) is 5.32 Å². The average molecular weight is 411 g/mol. The van der Waals surface area contributed by atoms with E-state index >= 15 is 0 Å². The van der Waals surface area contributed by atoms with Gasteiger partial charge >= 0.3 is 0 Å². The van der Waals surface area contributed by atoms with Crippen molar-refractivity contribution in [3.8, 4) is 11.5 Å². The minimum atomic E-state index is -3.55. The minimum absolute atomic E-state index is 0.165. The Morgan fingerprint density at radius 2 is 2.07 bits per heavy atom. The van der Waals surface area contributed by atoms with Crippen LogP contribution in [-0.4, -0.2) is 45.9 Å². The van der Waals surface area contributed by atoms with Crippen LogP contribution in [0.2, 0.25) is 0 Å². The number of carbonyl (C=O) groups is 1. The molecule has 2 heterocycles. The molecule has 9 heteroatoms. The maximum atomic E-state index is 12.8. The van der Waals surface area contributed by atoms with E-state index in [1.807, 2.05) is 0 Å². The van der Waals surface area contributed by atoms with Crippen molar-refractivity contribution in [2.45, 2.75) is 17.1 Å². The summed E-state index contributed by atoms with van der Waals surface area (Å²) >= 11 is 1.18. The maximum Gasteiger partial charge on any atom is 0.252 e. The van der Waals surface area contributed by atoms with Crippen molar-refractivity contribution >= 4 is 33.0 Å². The molecule has 1 fully saturated rings. The van der Waals surface area contributed by atoms with Gasteiger partial charge in [-0.3, -0.25) is 4.79 Å². The number of rotatable bonds is 6. The highest BCUT2D eigenvalue weighted by Crippen LogP contribution is 2.31. The fourth-order valence-electron chi connectivity index (χ4n) is 3.06. The van der Waals surface area contributed by atoms with E-state index < -0.39 is 15.9 Å². The number of sulfonamides is 1. The van der Waals surface area contributed by atoms with Gasteiger partial charge in [-0.05, 0) is 36.4 Å². The summed E-state index contributed by atoms with van der Waals surface area (Å²) in [5.74, 6) is 0.455. The van der Waals surface area contributed by atoms with Crippen LogP contribution >= 0.6 is 11.3 Å². The quantitative estimate of drug-likeness (QED) is 0.792. The Kier molecular flexibility index (Phi) is 6.03. The number of anilines is 1. The van der Waals surface area contributed by atoms with E-state index in [0.717, 1.165) is 0 Å². The molecule has 7 nitrogen and oxygen atoms in total. The second-order valence-corrected chi connectivity index (χ2v) is 9.30. The summed E-state index contributed by atoms with van der Waals surface area (Å²) in [5.41, 5.74) is 0.500. The highest BCUT2D eigenvalue weighted by Gasteiger charge is 2.34. The van der Waals surface area contributed by atoms with Crippen LogP contribution in [0.4, 0.5) is 5.69 Å². The Bertz CT molecular complexity index is 896. The van der Waals surface area contributed by atoms with Gasteiger partial charge in [0, 0.05) is 19.2 Å². The molecule has 27 heavy (non-hydrogen) atoms. The lowest BCUT2D eigenvalue weighted by molar-refractivity contribution is -0.120. The largest absolute Gasteiger partial charge is 0.497 e. The molecule has 1 unspecified atom stereocenters. The van der Waals surface area contributed by atoms with E-state index in [1.54, 1.807) is 42.8 Å². The lowest BCUT2D eigenvalue weighted by Gasteiger charge is -2.30. The fraction of sp³-hybridized carbons (Fsp3) is 0.389. The monoisotopic (exact) mass is 410 g/mol. The Labute approximate surface area is 163 Å². The molecular formula is C18H22N2O5S2. The maximum absolute atomic E-state index is 12.8. The van der Waals surface area contributed by atoms with Crippen molar-refractivity contribution in [2.24, 2.45) is 5.92 Å². The molecule has 1 N–H and O–H groups in total. The number of piperidine rings is 1. The van der Waals surface area contributed by atoms with Gasteiger partial charge in [0.05, 0.1) is 25.8 Å². The molecule has 1 aromatic heterocycles. The summed E-state index contributed by atoms with van der Waals surface area (Å²) in [6.07, 6.45) is 1.27. The molecule has 1 aromatic carbocycles. The number of ether oxygens (including phenoxy) is 2. The summed E-state index contributed by atoms with van der Waals surface area (Å²) in [6.45, 7) is 0.588. The van der Waals surface area contributed by atoms with Gasteiger partial charge in [-0.15, -0.1) is 11.3 Å². The van der Waals surface area contributed by atoms with Crippen molar-refractivity contribution in [2.75, 3.05) is 32.6 Å². The highest BCUT2D eigenvalue weighted by atomic mass is 32.2. The van der Waals surface area contributed by atoms with Crippen molar-refractivity contribution in [3.63, 3.8) is 0 Å². The zero-order valence-corrected chi connectivity index (χ0v) is 16.8. The number of nitrogens with one attached hydrogen (secondary N) is 1. The molecule has 0 radical (unpaired) electrons. The van der Waals surface area contributed by atoms with Gasteiger partial charge < -0.3 is 14.8 Å². The zero-order valence-electron chi connectivity index (χ0n) is 15.2. The predicted octanol–water partition coefficient (Wildman–Crippen LogP) is 2.80. The van der Waals surface area contributed by atoms with Crippen LogP contribution in [0.25, 0.3) is 0 Å². The molecule has 0 aliphatic carbocycles. The number of hydrogen-bond acceptors (Lipinski definition) is 6. The third kappa shape index (κ3) is 4.26. The number of carbonyl (C=O) groups excluding carboxylic acids is 1. The summed E-state index contributed by atoms with van der Waals surface area (Å²) < 4.78 is 37.6. The van der Waals surface area contributed by atoms with Crippen LogP contribution in [0.1, 0.15) is 12.8 Å². The van der Waals surface area contributed by atoms with Gasteiger partial charge in [-0.25, -0.2) is 8.42 Å². The topological polar surface area (TPSA) is 84.9 Å². The zero-order chi connectivity index (χ0) is 19.4. The number of hydrogen-bond donors (Lipinski definition) is 1. The van der Waals surface area contributed by atoms with E-state index in [9.17, 15) is 13.2 Å². The first-order chi connectivity index (χ1) is 13.0. The minimum Gasteiger partial charge on any atom is -0.497 e. The van der Waals surface area contributed by atoms with Crippen LogP contribution in [0.3, 0.4) is 0 Å². The standard InChI is InChI=1S/C18H22N2O5S2/c1-24-14-7-8-16(25-2)15(11-14)19-18(21)13-5-3-9-20(12-13)27(22,23)17-6-4-10-26-17/h4,6-8,10-11,13H,3,5,9,12H2,1-2H3,(H,19,21). The molecule has 1 saturated heterocycles.